The summed E-state index contributed by atoms with van der Waals surface area (Å²) in [5.41, 5.74) is 1.24. The number of amides is 1. The number of hydrogen-bond acceptors (Lipinski definition) is 6. The molecule has 2 aromatic carbocycles. The third-order valence-corrected chi connectivity index (χ3v) is 7.40. The van der Waals surface area contributed by atoms with Crippen LogP contribution in [0, 0.1) is 0 Å². The highest BCUT2D eigenvalue weighted by Gasteiger charge is 2.14. The molecule has 0 aliphatic carbocycles. The van der Waals surface area contributed by atoms with Gasteiger partial charge < -0.3 is 19.5 Å². The Bertz CT molecular complexity index is 1050. The molecular formula is C26H36Cl2N2O6S. The SMILES string of the molecule is COc1ccc(Cl)cc1C(=O)NCCc1ccc(S(=O)(=O)NCCOCCOCCCCCCCl)cc1. The molecule has 0 saturated carbocycles. The lowest BCUT2D eigenvalue weighted by Gasteiger charge is -2.10. The first-order valence-corrected chi connectivity index (χ1v) is 14.7. The van der Waals surface area contributed by atoms with Crippen molar-refractivity contribution >= 4 is 39.1 Å². The van der Waals surface area contributed by atoms with Gasteiger partial charge in [0, 0.05) is 30.6 Å². The Hall–Kier alpha value is -1.88. The maximum atomic E-state index is 12.5. The number of hydrogen-bond donors (Lipinski definition) is 2. The first-order valence-electron chi connectivity index (χ1n) is 12.3. The molecule has 0 spiro atoms. The summed E-state index contributed by atoms with van der Waals surface area (Å²) in [6.07, 6.45) is 4.79. The Balaban J connectivity index is 1.64. The molecule has 2 rings (SSSR count). The van der Waals surface area contributed by atoms with Crippen molar-refractivity contribution in [2.45, 2.75) is 37.0 Å². The number of nitrogens with one attached hydrogen (secondary N) is 2. The zero-order valence-electron chi connectivity index (χ0n) is 21.1. The average Bonchev–Trinajstić information content (AvgIpc) is 2.89. The monoisotopic (exact) mass is 574 g/mol. The minimum Gasteiger partial charge on any atom is -0.496 e. The predicted octanol–water partition coefficient (Wildman–Crippen LogP) is 4.43. The first kappa shape index (κ1) is 31.3. The van der Waals surface area contributed by atoms with Crippen molar-refractivity contribution in [2.75, 3.05) is 52.5 Å². The van der Waals surface area contributed by atoms with E-state index in [2.05, 4.69) is 10.0 Å². The molecule has 206 valence electrons. The van der Waals surface area contributed by atoms with Gasteiger partial charge in [0.2, 0.25) is 10.0 Å². The number of alkyl halides is 1. The molecule has 0 fully saturated rings. The predicted molar refractivity (Wildman–Crippen MR) is 146 cm³/mol. The molecule has 11 heteroatoms. The van der Waals surface area contributed by atoms with Gasteiger partial charge in [-0.15, -0.1) is 11.6 Å². The minimum atomic E-state index is -3.64. The fraction of sp³-hybridized carbons (Fsp3) is 0.500. The van der Waals surface area contributed by atoms with E-state index in [1.807, 2.05) is 0 Å². The summed E-state index contributed by atoms with van der Waals surface area (Å²) in [5, 5.41) is 3.27. The van der Waals surface area contributed by atoms with Gasteiger partial charge in [-0.1, -0.05) is 36.6 Å². The largest absolute Gasteiger partial charge is 0.496 e. The van der Waals surface area contributed by atoms with Gasteiger partial charge in [0.25, 0.3) is 5.91 Å². The van der Waals surface area contributed by atoms with Crippen LogP contribution in [0.15, 0.2) is 47.4 Å². The van der Waals surface area contributed by atoms with Crippen molar-refractivity contribution in [1.29, 1.82) is 0 Å². The van der Waals surface area contributed by atoms with Crippen molar-refractivity contribution in [3.8, 4) is 5.75 Å². The summed E-state index contributed by atoms with van der Waals surface area (Å²) in [6.45, 7) is 2.38. The third-order valence-electron chi connectivity index (χ3n) is 5.42. The van der Waals surface area contributed by atoms with E-state index in [1.165, 1.54) is 7.11 Å². The van der Waals surface area contributed by atoms with Crippen LogP contribution in [-0.2, 0) is 25.9 Å². The van der Waals surface area contributed by atoms with Crippen molar-refractivity contribution in [1.82, 2.24) is 10.0 Å². The highest BCUT2D eigenvalue weighted by Crippen LogP contribution is 2.22. The number of unbranched alkanes of at least 4 members (excludes halogenated alkanes) is 3. The number of sulfonamides is 1. The van der Waals surface area contributed by atoms with Crippen molar-refractivity contribution in [3.05, 3.63) is 58.6 Å². The first-order chi connectivity index (χ1) is 17.9. The molecule has 0 unspecified atom stereocenters. The lowest BCUT2D eigenvalue weighted by molar-refractivity contribution is 0.0485. The molecule has 0 saturated heterocycles. The molecule has 2 aromatic rings. The highest BCUT2D eigenvalue weighted by molar-refractivity contribution is 7.89. The topological polar surface area (TPSA) is 103 Å². The smallest absolute Gasteiger partial charge is 0.255 e. The van der Waals surface area contributed by atoms with Crippen LogP contribution >= 0.6 is 23.2 Å². The number of carbonyl (C=O) groups excluding carboxylic acids is 1. The fourth-order valence-corrected chi connectivity index (χ4v) is 4.79. The zero-order chi connectivity index (χ0) is 26.9. The summed E-state index contributed by atoms with van der Waals surface area (Å²) in [4.78, 5) is 12.6. The lowest BCUT2D eigenvalue weighted by atomic mass is 10.1. The number of carbonyl (C=O) groups is 1. The molecule has 0 aliphatic heterocycles. The Morgan fingerprint density at radius 1 is 0.892 bits per heavy atom. The van der Waals surface area contributed by atoms with Gasteiger partial charge in [-0.25, -0.2) is 13.1 Å². The number of ether oxygens (including phenoxy) is 3. The summed E-state index contributed by atoms with van der Waals surface area (Å²) in [6, 6.07) is 11.4. The van der Waals surface area contributed by atoms with Crippen LogP contribution in [0.4, 0.5) is 0 Å². The normalized spacial score (nSPS) is 11.4. The zero-order valence-corrected chi connectivity index (χ0v) is 23.5. The summed E-state index contributed by atoms with van der Waals surface area (Å²) in [5.74, 6) is 0.842. The van der Waals surface area contributed by atoms with Crippen LogP contribution in [0.3, 0.4) is 0 Å². The maximum absolute atomic E-state index is 12.5. The lowest BCUT2D eigenvalue weighted by Crippen LogP contribution is -2.28. The van der Waals surface area contributed by atoms with Crippen molar-refractivity contribution in [2.24, 2.45) is 0 Å². The van der Waals surface area contributed by atoms with Gasteiger partial charge in [-0.3, -0.25) is 4.79 Å². The highest BCUT2D eigenvalue weighted by atomic mass is 35.5. The van der Waals surface area contributed by atoms with Gasteiger partial charge >= 0.3 is 0 Å². The maximum Gasteiger partial charge on any atom is 0.255 e. The Morgan fingerprint density at radius 3 is 2.30 bits per heavy atom. The Labute approximate surface area is 230 Å². The minimum absolute atomic E-state index is 0.168. The van der Waals surface area contributed by atoms with Crippen LogP contribution < -0.4 is 14.8 Å². The standard InChI is InChI=1S/C26H36Cl2N2O6S/c1-34-25-11-8-22(28)20-24(25)26(31)29-14-12-21-6-9-23(10-7-21)37(32,33)30-15-17-36-19-18-35-16-5-3-2-4-13-27/h6-11,20,30H,2-5,12-19H2,1H3,(H,29,31). The molecule has 8 nitrogen and oxygen atoms in total. The van der Waals surface area contributed by atoms with Crippen LogP contribution in [0.25, 0.3) is 0 Å². The van der Waals surface area contributed by atoms with E-state index in [1.54, 1.807) is 42.5 Å². The number of benzene rings is 2. The van der Waals surface area contributed by atoms with Crippen LogP contribution in [0.5, 0.6) is 5.75 Å². The number of rotatable bonds is 19. The molecule has 0 aromatic heterocycles. The van der Waals surface area contributed by atoms with Gasteiger partial charge in [0.15, 0.2) is 0 Å². The second-order valence-electron chi connectivity index (χ2n) is 8.22. The molecule has 0 aliphatic rings. The van der Waals surface area contributed by atoms with Crippen LogP contribution in [-0.4, -0.2) is 66.8 Å². The van der Waals surface area contributed by atoms with Gasteiger partial charge in [0.05, 0.1) is 37.4 Å². The second-order valence-corrected chi connectivity index (χ2v) is 10.8. The van der Waals surface area contributed by atoms with E-state index < -0.39 is 10.0 Å². The second kappa shape index (κ2) is 17.6. The van der Waals surface area contributed by atoms with E-state index in [-0.39, 0.29) is 24.0 Å². The third kappa shape index (κ3) is 12.0. The Kier molecular flexibility index (Phi) is 14.9. The molecular weight excluding hydrogens is 539 g/mol. The summed E-state index contributed by atoms with van der Waals surface area (Å²) < 4.78 is 43.6. The number of methoxy groups -OCH3 is 1. The van der Waals surface area contributed by atoms with Gasteiger partial charge in [0.1, 0.15) is 5.75 Å². The van der Waals surface area contributed by atoms with E-state index in [9.17, 15) is 13.2 Å². The van der Waals surface area contributed by atoms with Gasteiger partial charge in [-0.05, 0) is 55.2 Å². The number of halogens is 2. The molecule has 0 bridgehead atoms. The van der Waals surface area contributed by atoms with Crippen LogP contribution in [0.2, 0.25) is 5.02 Å². The molecule has 37 heavy (non-hydrogen) atoms. The Morgan fingerprint density at radius 2 is 1.59 bits per heavy atom. The van der Waals surface area contributed by atoms with E-state index in [0.717, 1.165) is 31.2 Å². The van der Waals surface area contributed by atoms with E-state index in [0.29, 0.717) is 55.0 Å². The van der Waals surface area contributed by atoms with Crippen LogP contribution in [0.1, 0.15) is 41.6 Å². The summed E-state index contributed by atoms with van der Waals surface area (Å²) >= 11 is 11.6. The molecule has 0 atom stereocenters. The average molecular weight is 576 g/mol. The van der Waals surface area contributed by atoms with E-state index >= 15 is 0 Å². The molecule has 1 amide bonds. The quantitative estimate of drug-likeness (QED) is 0.190. The molecule has 0 radical (unpaired) electrons. The molecule has 2 N–H and O–H groups in total. The van der Waals surface area contributed by atoms with Crippen molar-refractivity contribution < 1.29 is 27.4 Å². The fourth-order valence-electron chi connectivity index (χ4n) is 3.41. The van der Waals surface area contributed by atoms with Gasteiger partial charge in [-0.2, -0.15) is 0 Å². The van der Waals surface area contributed by atoms with Crippen molar-refractivity contribution in [3.63, 3.8) is 0 Å². The summed E-state index contributed by atoms with van der Waals surface area (Å²) in [7, 11) is -2.15. The van der Waals surface area contributed by atoms with E-state index in [4.69, 9.17) is 37.4 Å². The molecule has 0 heterocycles.